The van der Waals surface area contributed by atoms with Crippen molar-refractivity contribution in [2.45, 2.75) is 19.3 Å². The molecular weight excluding hydrogens is 587 g/mol. The molecule has 1 N–H and O–H groups in total. The summed E-state index contributed by atoms with van der Waals surface area (Å²) < 4.78 is 59.6. The number of halogens is 3. The van der Waals surface area contributed by atoms with Crippen molar-refractivity contribution >= 4 is 23.2 Å². The minimum absolute atomic E-state index is 0.147. The van der Waals surface area contributed by atoms with Gasteiger partial charge < -0.3 is 28.8 Å². The highest BCUT2D eigenvalue weighted by Gasteiger charge is 2.31. The topological polar surface area (TPSA) is 100 Å². The number of nitrogens with one attached hydrogen (secondary N) is 1. The summed E-state index contributed by atoms with van der Waals surface area (Å²) in [5.74, 6) is 0.166. The molecule has 0 radical (unpaired) electrons. The van der Waals surface area contributed by atoms with E-state index in [1.54, 1.807) is 52.4 Å². The average molecular weight is 616 g/mol. The highest BCUT2D eigenvalue weighted by molar-refractivity contribution is 7.07. The monoisotopic (exact) mass is 615 g/mol. The van der Waals surface area contributed by atoms with Gasteiger partial charge in [-0.05, 0) is 60.5 Å². The van der Waals surface area contributed by atoms with E-state index in [4.69, 9.17) is 14.2 Å². The van der Waals surface area contributed by atoms with Gasteiger partial charge in [0.2, 0.25) is 0 Å². The van der Waals surface area contributed by atoms with Crippen molar-refractivity contribution < 1.29 is 41.7 Å². The molecule has 0 aliphatic rings. The van der Waals surface area contributed by atoms with Gasteiger partial charge in [0, 0.05) is 24.5 Å². The summed E-state index contributed by atoms with van der Waals surface area (Å²) in [5, 5.41) is 4.55. The Morgan fingerprint density at radius 2 is 1.65 bits per heavy atom. The van der Waals surface area contributed by atoms with Crippen LogP contribution < -0.4 is 29.1 Å². The van der Waals surface area contributed by atoms with Crippen LogP contribution in [0.25, 0.3) is 11.3 Å². The lowest BCUT2D eigenvalue weighted by atomic mass is 10.1. The van der Waals surface area contributed by atoms with Gasteiger partial charge in [0.1, 0.15) is 23.0 Å². The van der Waals surface area contributed by atoms with Crippen LogP contribution in [0.5, 0.6) is 23.0 Å². The highest BCUT2D eigenvalue weighted by atomic mass is 32.1. The fourth-order valence-corrected chi connectivity index (χ4v) is 4.93. The first-order valence-corrected chi connectivity index (χ1v) is 13.8. The molecule has 43 heavy (non-hydrogen) atoms. The Morgan fingerprint density at radius 1 is 0.930 bits per heavy atom. The zero-order valence-corrected chi connectivity index (χ0v) is 24.0. The summed E-state index contributed by atoms with van der Waals surface area (Å²) in [4.78, 5) is 30.1. The Balaban J connectivity index is 1.54. The minimum atomic E-state index is -4.81. The molecule has 13 heteroatoms. The van der Waals surface area contributed by atoms with Gasteiger partial charge in [0.05, 0.1) is 25.5 Å². The number of nitrogens with zero attached hydrogens (tertiary/aromatic N) is 2. The van der Waals surface area contributed by atoms with Crippen LogP contribution in [-0.4, -0.2) is 50.1 Å². The van der Waals surface area contributed by atoms with E-state index >= 15 is 0 Å². The maximum atomic E-state index is 13.2. The number of para-hydroxylation sites is 1. The third kappa shape index (κ3) is 8.85. The first-order chi connectivity index (χ1) is 20.7. The second-order valence-electron chi connectivity index (χ2n) is 8.92. The number of hydrogen-bond donors (Lipinski definition) is 1. The zero-order valence-electron chi connectivity index (χ0n) is 23.2. The molecule has 1 heterocycles. The molecule has 2 amide bonds. The second-order valence-corrected chi connectivity index (χ2v) is 9.75. The van der Waals surface area contributed by atoms with Gasteiger partial charge in [-0.15, -0.1) is 24.5 Å². The highest BCUT2D eigenvalue weighted by Crippen LogP contribution is 2.28. The van der Waals surface area contributed by atoms with E-state index in [-0.39, 0.29) is 29.6 Å². The number of methoxy groups -OCH3 is 2. The molecule has 0 saturated heterocycles. The fraction of sp³-hybridized carbons (Fsp3) is 0.233. The summed E-state index contributed by atoms with van der Waals surface area (Å²) in [6.07, 6.45) is -4.35. The van der Waals surface area contributed by atoms with Gasteiger partial charge in [0.25, 0.3) is 11.8 Å². The Morgan fingerprint density at radius 3 is 2.33 bits per heavy atom. The van der Waals surface area contributed by atoms with Crippen LogP contribution in [0.2, 0.25) is 0 Å². The summed E-state index contributed by atoms with van der Waals surface area (Å²) in [7, 11) is 2.93. The van der Waals surface area contributed by atoms with Crippen LogP contribution in [0.4, 0.5) is 13.2 Å². The molecule has 1 aromatic heterocycles. The van der Waals surface area contributed by atoms with Gasteiger partial charge in [-0.25, -0.2) is 0 Å². The smallest absolute Gasteiger partial charge is 0.497 e. The Bertz CT molecular complexity index is 1600. The van der Waals surface area contributed by atoms with E-state index in [0.29, 0.717) is 47.1 Å². The van der Waals surface area contributed by atoms with Gasteiger partial charge in [0.15, 0.2) is 11.4 Å². The second kappa shape index (κ2) is 14.4. The molecule has 0 fully saturated rings. The van der Waals surface area contributed by atoms with Crippen LogP contribution >= 0.6 is 11.3 Å². The summed E-state index contributed by atoms with van der Waals surface area (Å²) >= 11 is 1.19. The lowest BCUT2D eigenvalue weighted by Gasteiger charge is -2.12. The molecule has 9 nitrogen and oxygen atoms in total. The van der Waals surface area contributed by atoms with Crippen molar-refractivity contribution in [3.63, 3.8) is 0 Å². The van der Waals surface area contributed by atoms with Crippen molar-refractivity contribution in [2.75, 3.05) is 27.4 Å². The molecule has 0 unspecified atom stereocenters. The standard InChI is InChI=1S/C30H28F3N3O6S/c1-39-23-13-14-24(26(17-23)40-2)28(38)35-29-36(16-6-15-34-27(37)18-41-21-7-4-3-5-8-21)25(19-43-29)20-9-11-22(12-10-20)42-30(31,32)33/h3-5,7-14,17,19H,6,15-16,18H2,1-2H3,(H,34,37). The molecule has 0 aliphatic heterocycles. The van der Waals surface area contributed by atoms with E-state index in [1.165, 1.54) is 49.8 Å². The van der Waals surface area contributed by atoms with E-state index < -0.39 is 12.3 Å². The van der Waals surface area contributed by atoms with Crippen LogP contribution in [-0.2, 0) is 11.3 Å². The number of aromatic nitrogens is 1. The average Bonchev–Trinajstić information content (AvgIpc) is 3.39. The molecule has 0 spiro atoms. The largest absolute Gasteiger partial charge is 0.573 e. The number of thiazole rings is 1. The third-order valence-electron chi connectivity index (χ3n) is 6.01. The molecule has 4 rings (SSSR count). The predicted octanol–water partition coefficient (Wildman–Crippen LogP) is 5.46. The Labute approximate surface area is 249 Å². The third-order valence-corrected chi connectivity index (χ3v) is 6.88. The van der Waals surface area contributed by atoms with Crippen molar-refractivity contribution in [1.82, 2.24) is 9.88 Å². The maximum Gasteiger partial charge on any atom is 0.573 e. The van der Waals surface area contributed by atoms with Crippen LogP contribution in [0.3, 0.4) is 0 Å². The minimum Gasteiger partial charge on any atom is -0.497 e. The molecule has 0 saturated carbocycles. The van der Waals surface area contributed by atoms with E-state index in [9.17, 15) is 22.8 Å². The van der Waals surface area contributed by atoms with Gasteiger partial charge in [-0.3, -0.25) is 9.59 Å². The molecule has 0 atom stereocenters. The van der Waals surface area contributed by atoms with Crippen LogP contribution in [0, 0.1) is 0 Å². The summed E-state index contributed by atoms with van der Waals surface area (Å²) in [6.45, 7) is 0.495. The first kappa shape index (κ1) is 31.2. The Kier molecular flexibility index (Phi) is 10.4. The summed E-state index contributed by atoms with van der Waals surface area (Å²) in [6, 6.07) is 19.1. The van der Waals surface area contributed by atoms with E-state index in [1.807, 2.05) is 6.07 Å². The number of rotatable bonds is 12. The lowest BCUT2D eigenvalue weighted by Crippen LogP contribution is -2.30. The summed E-state index contributed by atoms with van der Waals surface area (Å²) in [5.41, 5.74) is 1.43. The predicted molar refractivity (Wildman–Crippen MR) is 153 cm³/mol. The number of carbonyl (C=O) groups is 2. The normalized spacial score (nSPS) is 11.6. The quantitative estimate of drug-likeness (QED) is 0.213. The fourth-order valence-electron chi connectivity index (χ4n) is 4.00. The Hall–Kier alpha value is -4.78. The SMILES string of the molecule is COc1ccc(C(=O)N=c2scc(-c3ccc(OC(F)(F)F)cc3)n2CCCNC(=O)COc2ccccc2)c(OC)c1. The molecule has 4 aromatic rings. The van der Waals surface area contributed by atoms with Gasteiger partial charge >= 0.3 is 6.36 Å². The van der Waals surface area contributed by atoms with E-state index in [2.05, 4.69) is 15.0 Å². The number of ether oxygens (including phenoxy) is 4. The number of carbonyl (C=O) groups excluding carboxylic acids is 2. The van der Waals surface area contributed by atoms with Crippen molar-refractivity contribution in [3.8, 4) is 34.3 Å². The first-order valence-electron chi connectivity index (χ1n) is 13.0. The maximum absolute atomic E-state index is 13.2. The lowest BCUT2D eigenvalue weighted by molar-refractivity contribution is -0.274. The van der Waals surface area contributed by atoms with Gasteiger partial charge in [-0.1, -0.05) is 18.2 Å². The van der Waals surface area contributed by atoms with Crippen molar-refractivity contribution in [2.24, 2.45) is 4.99 Å². The number of amides is 2. The van der Waals surface area contributed by atoms with Crippen molar-refractivity contribution in [3.05, 3.63) is 88.5 Å². The molecule has 0 aliphatic carbocycles. The number of benzene rings is 3. The molecule has 0 bridgehead atoms. The van der Waals surface area contributed by atoms with Gasteiger partial charge in [-0.2, -0.15) is 4.99 Å². The van der Waals surface area contributed by atoms with Crippen molar-refractivity contribution in [1.29, 1.82) is 0 Å². The van der Waals surface area contributed by atoms with Crippen LogP contribution in [0.15, 0.2) is 83.2 Å². The number of hydrogen-bond acceptors (Lipinski definition) is 7. The molecular formula is C30H28F3N3O6S. The van der Waals surface area contributed by atoms with E-state index in [0.717, 1.165) is 0 Å². The molecule has 3 aromatic carbocycles. The number of alkyl halides is 3. The molecule has 226 valence electrons. The van der Waals surface area contributed by atoms with Crippen LogP contribution in [0.1, 0.15) is 16.8 Å². The zero-order chi connectivity index (χ0) is 30.8.